The van der Waals surface area contributed by atoms with Crippen molar-refractivity contribution in [3.63, 3.8) is 0 Å². The van der Waals surface area contributed by atoms with Gasteiger partial charge in [-0.05, 0) is 18.2 Å². The molecular weight excluding hydrogens is 814 g/mol. The molecule has 6 rings (SSSR count). The highest BCUT2D eigenvalue weighted by atomic mass is 16.4. The Morgan fingerprint density at radius 2 is 0.967 bits per heavy atom. The minimum atomic E-state index is -1.28. The molecule has 60 heavy (non-hydrogen) atoms. The summed E-state index contributed by atoms with van der Waals surface area (Å²) in [7, 11) is 0. The van der Waals surface area contributed by atoms with Crippen molar-refractivity contribution >= 4 is 35.8 Å². The van der Waals surface area contributed by atoms with Gasteiger partial charge in [0, 0.05) is 36.7 Å². The van der Waals surface area contributed by atoms with Crippen LogP contribution < -0.4 is 33.6 Å². The van der Waals surface area contributed by atoms with E-state index >= 15 is 0 Å². The highest BCUT2D eigenvalue weighted by molar-refractivity contribution is 5.87. The molecule has 0 fully saturated rings. The molecule has 0 aliphatic heterocycles. The summed E-state index contributed by atoms with van der Waals surface area (Å²) in [6.45, 7) is 0. The maximum Gasteiger partial charge on any atom is 0.372 e. The normalized spacial score (nSPS) is 9.20. The number of hydrogen-bond donors (Lipinski definition) is 12. The van der Waals surface area contributed by atoms with Gasteiger partial charge in [0.25, 0.3) is 11.1 Å². The lowest BCUT2D eigenvalue weighted by molar-refractivity contribution is 0.0673. The Kier molecular flexibility index (Phi) is 19.7. The molecule has 0 spiro atoms. The van der Waals surface area contributed by atoms with E-state index in [0.29, 0.717) is 0 Å². The van der Waals surface area contributed by atoms with Crippen LogP contribution in [0, 0.1) is 0 Å². The molecule has 6 aromatic heterocycles. The Balaban J connectivity index is 0.000000360. The molecule has 0 aromatic carbocycles. The van der Waals surface area contributed by atoms with Gasteiger partial charge >= 0.3 is 47.2 Å². The molecule has 0 aliphatic carbocycles. The predicted octanol–water partition coefficient (Wildman–Crippen LogP) is -2.59. The van der Waals surface area contributed by atoms with E-state index in [4.69, 9.17) is 30.6 Å². The number of nitrogens with zero attached hydrogens (tertiary/aromatic N) is 5. The van der Waals surface area contributed by atoms with Crippen molar-refractivity contribution in [2.24, 2.45) is 0 Å². The fraction of sp³-hybridized carbons (Fsp3) is 0. The largest absolute Gasteiger partial charge is 0.478 e. The van der Waals surface area contributed by atoms with E-state index in [1.54, 1.807) is 0 Å². The van der Waals surface area contributed by atoms with Crippen LogP contribution >= 0.6 is 0 Å². The number of rotatable bonds is 6. The lowest BCUT2D eigenvalue weighted by Crippen LogP contribution is -2.16. The second kappa shape index (κ2) is 24.6. The summed E-state index contributed by atoms with van der Waals surface area (Å²) in [5.74, 6) is -7.47. The maximum absolute atomic E-state index is 10.5. The van der Waals surface area contributed by atoms with E-state index in [1.165, 1.54) is 36.5 Å². The number of aromatic nitrogens is 11. The first-order chi connectivity index (χ1) is 28.2. The van der Waals surface area contributed by atoms with E-state index in [0.717, 1.165) is 43.4 Å². The number of pyridine rings is 2. The van der Waals surface area contributed by atoms with Crippen LogP contribution in [-0.4, -0.2) is 121 Å². The SMILES string of the molecule is O=C(O)c1cc(=O)[nH]cn1.O=C(O)c1cc(=O)[nH]cn1.O=C(O)c1cc[nH]c(=O)c1.O=C(O)c1cccc(=O)[nH]1.O=C(O)c1ccnc(=O)[nH]1.O=C(O)c1ncnc(=O)[nH]1. The number of carbonyl (C=O) groups is 6. The van der Waals surface area contributed by atoms with E-state index in [9.17, 15) is 57.5 Å². The van der Waals surface area contributed by atoms with Crippen molar-refractivity contribution in [3.05, 3.63) is 176 Å². The van der Waals surface area contributed by atoms with E-state index in [-0.39, 0.29) is 28.3 Å². The van der Waals surface area contributed by atoms with Gasteiger partial charge in [-0.25, -0.2) is 58.3 Å². The molecule has 29 nitrogen and oxygen atoms in total. The van der Waals surface area contributed by atoms with Gasteiger partial charge in [-0.3, -0.25) is 29.1 Å². The molecule has 0 atom stereocenters. The molecule has 0 amide bonds. The summed E-state index contributed by atoms with van der Waals surface area (Å²) in [5.41, 5.74) is -3.84. The van der Waals surface area contributed by atoms with Crippen LogP contribution in [0.2, 0.25) is 0 Å². The fourth-order valence-corrected chi connectivity index (χ4v) is 3.03. The van der Waals surface area contributed by atoms with Crippen LogP contribution in [-0.2, 0) is 0 Å². The molecule has 29 heteroatoms. The van der Waals surface area contributed by atoms with Crippen molar-refractivity contribution in [3.8, 4) is 0 Å². The van der Waals surface area contributed by atoms with Gasteiger partial charge in [0.05, 0.1) is 18.2 Å². The molecule has 6 heterocycles. The maximum atomic E-state index is 10.5. The molecule has 0 aliphatic rings. The van der Waals surface area contributed by atoms with Crippen molar-refractivity contribution in [2.45, 2.75) is 0 Å². The Morgan fingerprint density at radius 1 is 0.450 bits per heavy atom. The summed E-state index contributed by atoms with van der Waals surface area (Å²) in [4.78, 5) is 153. The Bertz CT molecular complexity index is 2310. The summed E-state index contributed by atoms with van der Waals surface area (Å²) in [6.07, 6.45) is 5.42. The van der Waals surface area contributed by atoms with Gasteiger partial charge in [-0.2, -0.15) is 4.98 Å². The van der Waals surface area contributed by atoms with Crippen molar-refractivity contribution in [2.75, 3.05) is 0 Å². The number of carboxylic acid groups (broad SMARTS) is 6. The quantitative estimate of drug-likeness (QED) is 0.0819. The highest BCUT2D eigenvalue weighted by Crippen LogP contribution is 1.91. The summed E-state index contributed by atoms with van der Waals surface area (Å²) in [5, 5.41) is 49.8. The minimum Gasteiger partial charge on any atom is -0.478 e. The zero-order valence-electron chi connectivity index (χ0n) is 29.3. The minimum absolute atomic E-state index is 0.00347. The zero-order valence-corrected chi connectivity index (χ0v) is 29.3. The van der Waals surface area contributed by atoms with Gasteiger partial charge in [0.15, 0.2) is 11.4 Å². The summed E-state index contributed by atoms with van der Waals surface area (Å²) in [6, 6.07) is 9.37. The second-order valence-electron chi connectivity index (χ2n) is 9.74. The molecule has 0 saturated carbocycles. The first-order valence-electron chi connectivity index (χ1n) is 15.0. The number of hydrogen-bond acceptors (Lipinski definition) is 17. The standard InChI is InChI=1S/2C6H5NO3.3C5H4N2O3.C4H3N3O3/c8-5-3-4(6(9)10)1-2-7-5;8-5-3-1-2-4(7-5)6(9)10;2*8-4-1-3(5(9)10)6-2-7-4;8-4(9)3-1-2-6-5(10)7-3;8-3(9)2-5-1-6-4(10)7-2/h2*1-3H,(H,7,8)(H,9,10);2*1-2H,(H,9,10)(H,6,7,8);1-2H,(H,8,9)(H,6,7,10);1H,(H,8,9)(H,5,6,7,10). The fourth-order valence-electron chi connectivity index (χ4n) is 3.03. The molecule has 0 radical (unpaired) electrons. The van der Waals surface area contributed by atoms with E-state index < -0.39 is 75.3 Å². The molecule has 0 saturated heterocycles. The van der Waals surface area contributed by atoms with Gasteiger partial charge in [0.2, 0.25) is 16.9 Å². The third-order valence-corrected chi connectivity index (χ3v) is 5.51. The molecule has 0 bridgehead atoms. The highest BCUT2D eigenvalue weighted by Gasteiger charge is 2.05. The average Bonchev–Trinajstić information content (AvgIpc) is 3.19. The van der Waals surface area contributed by atoms with Crippen molar-refractivity contribution < 1.29 is 59.4 Å². The van der Waals surface area contributed by atoms with Crippen LogP contribution in [0.3, 0.4) is 0 Å². The van der Waals surface area contributed by atoms with Crippen molar-refractivity contribution in [1.82, 2.24) is 54.8 Å². The van der Waals surface area contributed by atoms with E-state index in [1.807, 2.05) is 9.97 Å². The summed E-state index contributed by atoms with van der Waals surface area (Å²) < 4.78 is 0. The predicted molar refractivity (Wildman–Crippen MR) is 193 cm³/mol. The number of aromatic amines is 6. The first kappa shape index (κ1) is 48.2. The van der Waals surface area contributed by atoms with Crippen LogP contribution in [0.15, 0.2) is 109 Å². The zero-order chi connectivity index (χ0) is 45.4. The number of aromatic carboxylic acids is 6. The van der Waals surface area contributed by atoms with Gasteiger partial charge in [-0.15, -0.1) is 0 Å². The molecule has 0 unspecified atom stereocenters. The third kappa shape index (κ3) is 19.5. The van der Waals surface area contributed by atoms with Crippen molar-refractivity contribution in [1.29, 1.82) is 0 Å². The van der Waals surface area contributed by atoms with E-state index in [2.05, 4.69) is 44.9 Å². The second-order valence-corrected chi connectivity index (χ2v) is 9.74. The average molecular weight is 840 g/mol. The third-order valence-electron chi connectivity index (χ3n) is 5.51. The first-order valence-corrected chi connectivity index (χ1v) is 15.0. The number of H-pyrrole nitrogens is 6. The van der Waals surface area contributed by atoms with Crippen LogP contribution in [0.1, 0.15) is 62.9 Å². The lowest BCUT2D eigenvalue weighted by Gasteiger charge is -1.89. The lowest BCUT2D eigenvalue weighted by atomic mass is 10.3. The van der Waals surface area contributed by atoms with Gasteiger partial charge in [0.1, 0.15) is 17.7 Å². The smallest absolute Gasteiger partial charge is 0.372 e. The monoisotopic (exact) mass is 839 g/mol. The van der Waals surface area contributed by atoms with Gasteiger partial charge in [-0.1, -0.05) is 6.07 Å². The Hall–Kier alpha value is -9.83. The Labute approximate surface area is 326 Å². The number of carboxylic acids is 6. The molecule has 12 N–H and O–H groups in total. The van der Waals surface area contributed by atoms with Crippen LogP contribution in [0.4, 0.5) is 0 Å². The van der Waals surface area contributed by atoms with Crippen LogP contribution in [0.25, 0.3) is 0 Å². The van der Waals surface area contributed by atoms with Gasteiger partial charge < -0.3 is 50.6 Å². The topological polar surface area (TPSA) is 485 Å². The molecular formula is C31H25N11O18. The number of nitrogens with one attached hydrogen (secondary N) is 6. The van der Waals surface area contributed by atoms with Crippen LogP contribution in [0.5, 0.6) is 0 Å². The molecule has 312 valence electrons. The summed E-state index contributed by atoms with van der Waals surface area (Å²) >= 11 is 0. The molecule has 6 aromatic rings. The Morgan fingerprint density at radius 3 is 1.30 bits per heavy atom.